The van der Waals surface area contributed by atoms with Gasteiger partial charge >= 0.3 is 0 Å². The Bertz CT molecular complexity index is 507. The molecule has 0 bridgehead atoms. The maximum atomic E-state index is 11.9. The van der Waals surface area contributed by atoms with Gasteiger partial charge in [-0.3, -0.25) is 4.99 Å². The van der Waals surface area contributed by atoms with Gasteiger partial charge in [0.15, 0.2) is 9.84 Å². The van der Waals surface area contributed by atoms with Gasteiger partial charge in [0.05, 0.1) is 4.90 Å². The van der Waals surface area contributed by atoms with Crippen molar-refractivity contribution in [3.05, 3.63) is 29.8 Å². The lowest BCUT2D eigenvalue weighted by Gasteiger charge is -2.04. The number of aliphatic imine (C=N–C) groups is 1. The lowest BCUT2D eigenvalue weighted by Crippen LogP contribution is -2.10. The fraction of sp³-hybridized carbons (Fsp3) is 0.364. The van der Waals surface area contributed by atoms with Crippen LogP contribution >= 0.6 is 23.2 Å². The summed E-state index contributed by atoms with van der Waals surface area (Å²) in [6, 6.07) is 6.62. The van der Waals surface area contributed by atoms with Crippen molar-refractivity contribution in [2.45, 2.75) is 23.6 Å². The van der Waals surface area contributed by atoms with Crippen molar-refractivity contribution in [2.75, 3.05) is 5.88 Å². The molecule has 0 spiro atoms. The molecule has 6 heteroatoms. The van der Waals surface area contributed by atoms with Crippen LogP contribution in [-0.4, -0.2) is 24.8 Å². The SMILES string of the molecule is CC(=NCS(=O)(=O)c1ccc(C)cc1)C(Cl)Cl. The van der Waals surface area contributed by atoms with Crippen LogP contribution in [0.3, 0.4) is 0 Å². The normalized spacial score (nSPS) is 13.1. The van der Waals surface area contributed by atoms with Crippen molar-refractivity contribution in [3.8, 4) is 0 Å². The van der Waals surface area contributed by atoms with Crippen LogP contribution in [-0.2, 0) is 9.84 Å². The largest absolute Gasteiger partial charge is 0.275 e. The lowest BCUT2D eigenvalue weighted by molar-refractivity contribution is 0.596. The Morgan fingerprint density at radius 2 is 1.82 bits per heavy atom. The van der Waals surface area contributed by atoms with Gasteiger partial charge in [0.25, 0.3) is 0 Å². The first-order valence-corrected chi connectivity index (χ1v) is 7.44. The summed E-state index contributed by atoms with van der Waals surface area (Å²) in [6.45, 7) is 3.49. The van der Waals surface area contributed by atoms with Gasteiger partial charge in [0.2, 0.25) is 0 Å². The first kappa shape index (κ1) is 14.5. The number of nitrogens with zero attached hydrogens (tertiary/aromatic N) is 1. The molecule has 0 aliphatic carbocycles. The zero-order valence-corrected chi connectivity index (χ0v) is 11.9. The summed E-state index contributed by atoms with van der Waals surface area (Å²) in [5.74, 6) is -0.335. The zero-order chi connectivity index (χ0) is 13.1. The highest BCUT2D eigenvalue weighted by Gasteiger charge is 2.14. The molecule has 0 heterocycles. The van der Waals surface area contributed by atoms with Gasteiger partial charge in [-0.2, -0.15) is 0 Å². The zero-order valence-electron chi connectivity index (χ0n) is 9.52. The summed E-state index contributed by atoms with van der Waals surface area (Å²) < 4.78 is 23.8. The van der Waals surface area contributed by atoms with E-state index in [1.54, 1.807) is 31.2 Å². The summed E-state index contributed by atoms with van der Waals surface area (Å²) in [5.41, 5.74) is 1.40. The molecule has 1 aromatic rings. The second-order valence-electron chi connectivity index (χ2n) is 3.66. The van der Waals surface area contributed by atoms with E-state index in [0.29, 0.717) is 5.71 Å². The number of hydrogen-bond donors (Lipinski definition) is 0. The average molecular weight is 294 g/mol. The van der Waals surface area contributed by atoms with E-state index in [-0.39, 0.29) is 10.8 Å². The summed E-state index contributed by atoms with van der Waals surface area (Å²) >= 11 is 11.1. The van der Waals surface area contributed by atoms with Crippen molar-refractivity contribution in [3.63, 3.8) is 0 Å². The van der Waals surface area contributed by atoms with Gasteiger partial charge in [0, 0.05) is 5.71 Å². The molecule has 0 N–H and O–H groups in total. The number of alkyl halides is 2. The number of halogens is 2. The fourth-order valence-electron chi connectivity index (χ4n) is 1.08. The lowest BCUT2D eigenvalue weighted by atomic mass is 10.2. The number of hydrogen-bond acceptors (Lipinski definition) is 3. The summed E-state index contributed by atoms with van der Waals surface area (Å²) in [7, 11) is -3.41. The molecular weight excluding hydrogens is 281 g/mol. The summed E-state index contributed by atoms with van der Waals surface area (Å²) in [4.78, 5) is 3.33. The molecule has 0 amide bonds. The monoisotopic (exact) mass is 293 g/mol. The quantitative estimate of drug-likeness (QED) is 0.633. The molecule has 0 fully saturated rings. The van der Waals surface area contributed by atoms with E-state index in [4.69, 9.17) is 23.2 Å². The molecule has 0 aromatic heterocycles. The molecule has 3 nitrogen and oxygen atoms in total. The van der Waals surface area contributed by atoms with E-state index >= 15 is 0 Å². The van der Waals surface area contributed by atoms with Crippen molar-refractivity contribution in [2.24, 2.45) is 4.99 Å². The Hall–Kier alpha value is -0.580. The number of benzene rings is 1. The standard InChI is InChI=1S/C11H13Cl2NO2S/c1-8-3-5-10(6-4-8)17(15,16)7-14-9(2)11(12)13/h3-6,11H,7H2,1-2H3. The van der Waals surface area contributed by atoms with Crippen LogP contribution in [0.15, 0.2) is 34.2 Å². The van der Waals surface area contributed by atoms with Crippen molar-refractivity contribution in [1.82, 2.24) is 0 Å². The van der Waals surface area contributed by atoms with Crippen molar-refractivity contribution in [1.29, 1.82) is 0 Å². The van der Waals surface area contributed by atoms with Gasteiger partial charge in [-0.1, -0.05) is 40.9 Å². The maximum absolute atomic E-state index is 11.9. The van der Waals surface area contributed by atoms with Gasteiger partial charge in [-0.15, -0.1) is 0 Å². The van der Waals surface area contributed by atoms with Crippen LogP contribution in [0.2, 0.25) is 0 Å². The van der Waals surface area contributed by atoms with Crippen molar-refractivity contribution < 1.29 is 8.42 Å². The van der Waals surface area contributed by atoms with E-state index in [9.17, 15) is 8.42 Å². The first-order chi connectivity index (χ1) is 7.83. The minimum atomic E-state index is -3.41. The number of aryl methyl sites for hydroxylation is 1. The smallest absolute Gasteiger partial charge is 0.198 e. The third kappa shape index (κ3) is 4.30. The maximum Gasteiger partial charge on any atom is 0.198 e. The minimum Gasteiger partial charge on any atom is -0.275 e. The van der Waals surface area contributed by atoms with Crippen LogP contribution in [0, 0.1) is 6.92 Å². The van der Waals surface area contributed by atoms with Gasteiger partial charge in [0.1, 0.15) is 10.7 Å². The Morgan fingerprint density at radius 1 is 1.29 bits per heavy atom. The van der Waals surface area contributed by atoms with Gasteiger partial charge in [-0.05, 0) is 26.0 Å². The molecule has 0 aliphatic heterocycles. The van der Waals surface area contributed by atoms with Crippen LogP contribution < -0.4 is 0 Å². The Kier molecular flexibility index (Phi) is 4.98. The molecule has 0 saturated carbocycles. The van der Waals surface area contributed by atoms with E-state index < -0.39 is 14.7 Å². The van der Waals surface area contributed by atoms with E-state index in [2.05, 4.69) is 4.99 Å². The molecule has 94 valence electrons. The molecule has 0 aliphatic rings. The predicted molar refractivity (Wildman–Crippen MR) is 71.8 cm³/mol. The average Bonchev–Trinajstić information content (AvgIpc) is 2.26. The molecule has 1 rings (SSSR count). The van der Waals surface area contributed by atoms with E-state index in [1.807, 2.05) is 6.92 Å². The van der Waals surface area contributed by atoms with Crippen LogP contribution in [0.1, 0.15) is 12.5 Å². The Balaban J connectivity index is 2.90. The van der Waals surface area contributed by atoms with Crippen LogP contribution in [0.25, 0.3) is 0 Å². The highest BCUT2D eigenvalue weighted by atomic mass is 35.5. The van der Waals surface area contributed by atoms with E-state index in [0.717, 1.165) is 5.56 Å². The number of rotatable bonds is 4. The van der Waals surface area contributed by atoms with Gasteiger partial charge < -0.3 is 0 Å². The van der Waals surface area contributed by atoms with Crippen LogP contribution in [0.5, 0.6) is 0 Å². The highest BCUT2D eigenvalue weighted by Crippen LogP contribution is 2.13. The molecule has 0 atom stereocenters. The molecule has 0 saturated heterocycles. The second kappa shape index (κ2) is 5.85. The van der Waals surface area contributed by atoms with Gasteiger partial charge in [-0.25, -0.2) is 8.42 Å². The van der Waals surface area contributed by atoms with Crippen molar-refractivity contribution >= 4 is 38.8 Å². The minimum absolute atomic E-state index is 0.250. The second-order valence-corrected chi connectivity index (χ2v) is 6.71. The third-order valence-corrected chi connectivity index (χ3v) is 4.27. The Labute approximate surface area is 111 Å². The Morgan fingerprint density at radius 3 is 2.29 bits per heavy atom. The van der Waals surface area contributed by atoms with Crippen LogP contribution in [0.4, 0.5) is 0 Å². The molecule has 1 aromatic carbocycles. The molecule has 17 heavy (non-hydrogen) atoms. The third-order valence-electron chi connectivity index (χ3n) is 2.18. The summed E-state index contributed by atoms with van der Waals surface area (Å²) in [6.07, 6.45) is 0. The predicted octanol–water partition coefficient (Wildman–Crippen LogP) is 2.99. The number of sulfone groups is 1. The summed E-state index contributed by atoms with van der Waals surface area (Å²) in [5, 5.41) is 0. The molecule has 0 radical (unpaired) electrons. The first-order valence-electron chi connectivity index (χ1n) is 4.91. The molecule has 0 unspecified atom stereocenters. The topological polar surface area (TPSA) is 46.5 Å². The van der Waals surface area contributed by atoms with E-state index in [1.165, 1.54) is 0 Å². The fourth-order valence-corrected chi connectivity index (χ4v) is 2.29. The molecular formula is C11H13Cl2NO2S. The highest BCUT2D eigenvalue weighted by molar-refractivity contribution is 7.91.